The summed E-state index contributed by atoms with van der Waals surface area (Å²) in [4.78, 5) is 14.2. The molecule has 1 N–H and O–H groups in total. The van der Waals surface area contributed by atoms with Gasteiger partial charge in [-0.15, -0.1) is 12.4 Å². The molecule has 0 aromatic heterocycles. The Kier molecular flexibility index (Phi) is 7.63. The van der Waals surface area contributed by atoms with Crippen LogP contribution in [-0.4, -0.2) is 37.5 Å². The average Bonchev–Trinajstić information content (AvgIpc) is 2.47. The molecule has 1 aromatic rings. The quantitative estimate of drug-likeness (QED) is 0.905. The van der Waals surface area contributed by atoms with Gasteiger partial charge in [0, 0.05) is 19.5 Å². The standard InChI is InChI=1S/C16H24N2O.ClH/c1-17-13-15-9-11-18(12-10-15)16(19)8-7-14-5-3-2-4-6-14;/h2-6,15,17H,7-13H2,1H3;1H. The van der Waals surface area contributed by atoms with Crippen LogP contribution in [0.2, 0.25) is 0 Å². The van der Waals surface area contributed by atoms with Gasteiger partial charge in [-0.1, -0.05) is 30.3 Å². The molecular formula is C16H25ClN2O. The van der Waals surface area contributed by atoms with Crippen LogP contribution in [0.15, 0.2) is 30.3 Å². The number of hydrogen-bond donors (Lipinski definition) is 1. The Labute approximate surface area is 128 Å². The number of carbonyl (C=O) groups excluding carboxylic acids is 1. The highest BCUT2D eigenvalue weighted by Crippen LogP contribution is 2.17. The number of amides is 1. The maximum absolute atomic E-state index is 12.1. The molecule has 2 rings (SSSR count). The number of rotatable bonds is 5. The summed E-state index contributed by atoms with van der Waals surface area (Å²) in [7, 11) is 2.00. The van der Waals surface area contributed by atoms with Gasteiger partial charge in [-0.3, -0.25) is 4.79 Å². The summed E-state index contributed by atoms with van der Waals surface area (Å²) < 4.78 is 0. The Balaban J connectivity index is 0.00000200. The van der Waals surface area contributed by atoms with E-state index in [1.165, 1.54) is 5.56 Å². The van der Waals surface area contributed by atoms with E-state index in [2.05, 4.69) is 17.4 Å². The normalized spacial score (nSPS) is 15.8. The molecule has 0 saturated carbocycles. The summed E-state index contributed by atoms with van der Waals surface area (Å²) in [5, 5.41) is 3.22. The lowest BCUT2D eigenvalue weighted by Crippen LogP contribution is -2.40. The van der Waals surface area contributed by atoms with Gasteiger partial charge in [0.2, 0.25) is 5.91 Å². The van der Waals surface area contributed by atoms with Crippen LogP contribution >= 0.6 is 12.4 Å². The second-order valence-corrected chi connectivity index (χ2v) is 5.37. The van der Waals surface area contributed by atoms with E-state index in [1.54, 1.807) is 0 Å². The summed E-state index contributed by atoms with van der Waals surface area (Å²) in [6.07, 6.45) is 3.77. The van der Waals surface area contributed by atoms with Crippen molar-refractivity contribution in [2.75, 3.05) is 26.7 Å². The topological polar surface area (TPSA) is 32.3 Å². The molecule has 4 heteroatoms. The lowest BCUT2D eigenvalue weighted by atomic mass is 9.96. The van der Waals surface area contributed by atoms with Crippen LogP contribution in [0.3, 0.4) is 0 Å². The first-order valence-corrected chi connectivity index (χ1v) is 7.26. The van der Waals surface area contributed by atoms with E-state index in [0.29, 0.717) is 12.3 Å². The lowest BCUT2D eigenvalue weighted by Gasteiger charge is -2.32. The summed E-state index contributed by atoms with van der Waals surface area (Å²) in [6.45, 7) is 2.94. The lowest BCUT2D eigenvalue weighted by molar-refractivity contribution is -0.132. The molecule has 1 amide bonds. The smallest absolute Gasteiger partial charge is 0.222 e. The molecule has 1 aliphatic rings. The summed E-state index contributed by atoms with van der Waals surface area (Å²) in [5.74, 6) is 1.05. The van der Waals surface area contributed by atoms with Gasteiger partial charge in [-0.05, 0) is 44.3 Å². The first kappa shape index (κ1) is 17.0. The molecule has 0 bridgehead atoms. The van der Waals surface area contributed by atoms with Gasteiger partial charge >= 0.3 is 0 Å². The monoisotopic (exact) mass is 296 g/mol. The second-order valence-electron chi connectivity index (χ2n) is 5.37. The van der Waals surface area contributed by atoms with E-state index in [1.807, 2.05) is 30.1 Å². The highest BCUT2D eigenvalue weighted by atomic mass is 35.5. The zero-order valence-corrected chi connectivity index (χ0v) is 13.0. The zero-order chi connectivity index (χ0) is 13.5. The molecule has 3 nitrogen and oxygen atoms in total. The predicted molar refractivity (Wildman–Crippen MR) is 85.2 cm³/mol. The Bertz CT molecular complexity index is 389. The molecule has 1 aliphatic heterocycles. The fraction of sp³-hybridized carbons (Fsp3) is 0.562. The Morgan fingerprint density at radius 2 is 1.90 bits per heavy atom. The SMILES string of the molecule is CNCC1CCN(C(=O)CCc2ccccc2)CC1.Cl. The van der Waals surface area contributed by atoms with Gasteiger partial charge in [0.1, 0.15) is 0 Å². The van der Waals surface area contributed by atoms with Crippen LogP contribution in [0.1, 0.15) is 24.8 Å². The van der Waals surface area contributed by atoms with Gasteiger partial charge in [-0.2, -0.15) is 0 Å². The van der Waals surface area contributed by atoms with Crippen molar-refractivity contribution < 1.29 is 4.79 Å². The molecule has 1 saturated heterocycles. The number of nitrogens with one attached hydrogen (secondary N) is 1. The van der Waals surface area contributed by atoms with Gasteiger partial charge < -0.3 is 10.2 Å². The van der Waals surface area contributed by atoms with Crippen molar-refractivity contribution >= 4 is 18.3 Å². The van der Waals surface area contributed by atoms with E-state index in [-0.39, 0.29) is 12.4 Å². The third-order valence-corrected chi connectivity index (χ3v) is 3.93. The molecule has 1 fully saturated rings. The van der Waals surface area contributed by atoms with Gasteiger partial charge in [0.05, 0.1) is 0 Å². The Hall–Kier alpha value is -1.06. The number of aryl methyl sites for hydroxylation is 1. The van der Waals surface area contributed by atoms with Gasteiger partial charge in [-0.25, -0.2) is 0 Å². The van der Waals surface area contributed by atoms with Crippen LogP contribution in [0.5, 0.6) is 0 Å². The minimum absolute atomic E-state index is 0. The molecular weight excluding hydrogens is 272 g/mol. The molecule has 0 radical (unpaired) electrons. The zero-order valence-electron chi connectivity index (χ0n) is 12.2. The number of likely N-dealkylation sites (tertiary alicyclic amines) is 1. The Morgan fingerprint density at radius 1 is 1.25 bits per heavy atom. The molecule has 0 aliphatic carbocycles. The van der Waals surface area contributed by atoms with Crippen molar-refractivity contribution in [1.29, 1.82) is 0 Å². The summed E-state index contributed by atoms with van der Waals surface area (Å²) in [5.41, 5.74) is 1.25. The van der Waals surface area contributed by atoms with Crippen LogP contribution in [0.25, 0.3) is 0 Å². The fourth-order valence-electron chi connectivity index (χ4n) is 2.73. The Morgan fingerprint density at radius 3 is 2.50 bits per heavy atom. The van der Waals surface area contributed by atoms with Gasteiger partial charge in [0.25, 0.3) is 0 Å². The van der Waals surface area contributed by atoms with E-state index in [4.69, 9.17) is 0 Å². The van der Waals surface area contributed by atoms with Crippen molar-refractivity contribution in [3.63, 3.8) is 0 Å². The third-order valence-electron chi connectivity index (χ3n) is 3.93. The van der Waals surface area contributed by atoms with E-state index < -0.39 is 0 Å². The number of piperidine rings is 1. The van der Waals surface area contributed by atoms with Crippen molar-refractivity contribution in [3.8, 4) is 0 Å². The second kappa shape index (κ2) is 8.98. The van der Waals surface area contributed by atoms with E-state index in [9.17, 15) is 4.79 Å². The van der Waals surface area contributed by atoms with Crippen LogP contribution in [0, 0.1) is 5.92 Å². The van der Waals surface area contributed by atoms with Crippen LogP contribution < -0.4 is 5.32 Å². The number of halogens is 1. The van der Waals surface area contributed by atoms with Crippen molar-refractivity contribution in [2.24, 2.45) is 5.92 Å². The molecule has 1 aromatic carbocycles. The average molecular weight is 297 g/mol. The summed E-state index contributed by atoms with van der Waals surface area (Å²) >= 11 is 0. The van der Waals surface area contributed by atoms with Crippen molar-refractivity contribution in [2.45, 2.75) is 25.7 Å². The minimum Gasteiger partial charge on any atom is -0.343 e. The van der Waals surface area contributed by atoms with Crippen LogP contribution in [0.4, 0.5) is 0 Å². The number of nitrogens with zero attached hydrogens (tertiary/aromatic N) is 1. The molecule has 0 atom stereocenters. The fourth-order valence-corrected chi connectivity index (χ4v) is 2.73. The summed E-state index contributed by atoms with van der Waals surface area (Å²) in [6, 6.07) is 10.3. The van der Waals surface area contributed by atoms with Crippen molar-refractivity contribution in [3.05, 3.63) is 35.9 Å². The maximum Gasteiger partial charge on any atom is 0.222 e. The maximum atomic E-state index is 12.1. The minimum atomic E-state index is 0. The molecule has 20 heavy (non-hydrogen) atoms. The number of hydrogen-bond acceptors (Lipinski definition) is 2. The van der Waals surface area contributed by atoms with E-state index in [0.717, 1.165) is 44.8 Å². The molecule has 0 spiro atoms. The highest BCUT2D eigenvalue weighted by Gasteiger charge is 2.21. The van der Waals surface area contributed by atoms with Crippen LogP contribution in [-0.2, 0) is 11.2 Å². The number of benzene rings is 1. The first-order chi connectivity index (χ1) is 9.29. The predicted octanol–water partition coefficient (Wildman–Crippen LogP) is 2.50. The van der Waals surface area contributed by atoms with Gasteiger partial charge in [0.15, 0.2) is 0 Å². The van der Waals surface area contributed by atoms with Crippen molar-refractivity contribution in [1.82, 2.24) is 10.2 Å². The largest absolute Gasteiger partial charge is 0.343 e. The van der Waals surface area contributed by atoms with E-state index >= 15 is 0 Å². The molecule has 1 heterocycles. The highest BCUT2D eigenvalue weighted by molar-refractivity contribution is 5.85. The first-order valence-electron chi connectivity index (χ1n) is 7.26. The molecule has 0 unspecified atom stereocenters. The molecule has 112 valence electrons. The number of carbonyl (C=O) groups is 1. The third kappa shape index (κ3) is 5.14.